The highest BCUT2D eigenvalue weighted by Gasteiger charge is 2.81. The van der Waals surface area contributed by atoms with E-state index in [1.54, 1.807) is 0 Å². The molecule has 0 saturated heterocycles. The summed E-state index contributed by atoms with van der Waals surface area (Å²) in [5, 5.41) is -1.52. The van der Waals surface area contributed by atoms with Crippen LogP contribution in [-0.2, 0) is 9.53 Å². The Kier molecular flexibility index (Phi) is 6.71. The fourth-order valence-electron chi connectivity index (χ4n) is 0.998. The van der Waals surface area contributed by atoms with E-state index in [1.807, 2.05) is 0 Å². The number of carbonyl (C=O) groups is 1. The first-order valence-electron chi connectivity index (χ1n) is 5.18. The molecule has 0 aliphatic heterocycles. The van der Waals surface area contributed by atoms with E-state index in [-0.39, 0.29) is 0 Å². The van der Waals surface area contributed by atoms with Crippen LogP contribution in [0.5, 0.6) is 0 Å². The number of esters is 1. The number of carbonyl (C=O) groups excluding carboxylic acids is 1. The summed E-state index contributed by atoms with van der Waals surface area (Å²) < 4.78 is 116. The minimum Gasteiger partial charge on any atom is -0.464 e. The van der Waals surface area contributed by atoms with Gasteiger partial charge in [-0.25, -0.2) is 0 Å². The summed E-state index contributed by atoms with van der Waals surface area (Å²) in [5.74, 6) is -21.5. The Morgan fingerprint density at radius 3 is 1.77 bits per heavy atom. The van der Waals surface area contributed by atoms with Crippen LogP contribution in [0.15, 0.2) is 0 Å². The van der Waals surface area contributed by atoms with Gasteiger partial charge in [0, 0.05) is 5.88 Å². The van der Waals surface area contributed by atoms with Crippen molar-refractivity contribution in [2.75, 3.05) is 12.5 Å². The van der Waals surface area contributed by atoms with Crippen LogP contribution < -0.4 is 0 Å². The number of rotatable bonds is 7. The molecule has 0 spiro atoms. The summed E-state index contributed by atoms with van der Waals surface area (Å²) in [6, 6.07) is 0. The van der Waals surface area contributed by atoms with Gasteiger partial charge in [-0.3, -0.25) is 4.79 Å². The number of hydrogen-bond acceptors (Lipinski definition) is 2. The summed E-state index contributed by atoms with van der Waals surface area (Å²) in [5.41, 5.74) is 0. The molecule has 0 bridgehead atoms. The SMILES string of the molecule is O=C(OCCC(F)(F)C(F)(F)C(F)(F)C(F)(F)F)C(Cl)CCl. The molecule has 2 nitrogen and oxygen atoms in total. The quantitative estimate of drug-likeness (QED) is 0.370. The Labute approximate surface area is 127 Å². The Balaban J connectivity index is 4.97. The van der Waals surface area contributed by atoms with Crippen LogP contribution in [0.4, 0.5) is 39.5 Å². The van der Waals surface area contributed by atoms with Gasteiger partial charge in [-0.05, 0) is 0 Å². The topological polar surface area (TPSA) is 26.3 Å². The molecule has 0 aliphatic carbocycles. The van der Waals surface area contributed by atoms with Crippen molar-refractivity contribution in [3.05, 3.63) is 0 Å². The van der Waals surface area contributed by atoms with Crippen LogP contribution in [0, 0.1) is 0 Å². The molecule has 0 aromatic rings. The minimum absolute atomic E-state index is 0.529. The molecule has 0 amide bonds. The maximum Gasteiger partial charge on any atom is 0.460 e. The number of halogens is 11. The Morgan fingerprint density at radius 2 is 1.41 bits per heavy atom. The van der Waals surface area contributed by atoms with Crippen molar-refractivity contribution in [2.24, 2.45) is 0 Å². The second-order valence-corrected chi connectivity index (χ2v) is 4.73. The van der Waals surface area contributed by atoms with Crippen LogP contribution in [0.25, 0.3) is 0 Å². The molecule has 22 heavy (non-hydrogen) atoms. The molecule has 0 aliphatic rings. The third-order valence-corrected chi connectivity index (χ3v) is 3.06. The first-order valence-corrected chi connectivity index (χ1v) is 6.15. The second-order valence-electron chi connectivity index (χ2n) is 3.89. The lowest BCUT2D eigenvalue weighted by Gasteiger charge is -2.33. The van der Waals surface area contributed by atoms with Gasteiger partial charge in [-0.2, -0.15) is 39.5 Å². The van der Waals surface area contributed by atoms with Gasteiger partial charge in [-0.15, -0.1) is 23.2 Å². The van der Waals surface area contributed by atoms with Gasteiger partial charge in [0.2, 0.25) is 0 Å². The normalized spacial score (nSPS) is 15.6. The average Bonchev–Trinajstić information content (AvgIpc) is 2.35. The summed E-state index contributed by atoms with van der Waals surface area (Å²) in [4.78, 5) is 10.9. The molecule has 132 valence electrons. The minimum atomic E-state index is -6.97. The summed E-state index contributed by atoms with van der Waals surface area (Å²) in [6.07, 6.45) is -9.17. The van der Waals surface area contributed by atoms with E-state index in [9.17, 15) is 44.3 Å². The van der Waals surface area contributed by atoms with E-state index in [2.05, 4.69) is 4.74 Å². The zero-order chi connectivity index (χ0) is 18.0. The van der Waals surface area contributed by atoms with Crippen LogP contribution in [-0.4, -0.2) is 47.8 Å². The second kappa shape index (κ2) is 6.90. The highest BCUT2D eigenvalue weighted by atomic mass is 35.5. The lowest BCUT2D eigenvalue weighted by Crippen LogP contribution is -2.61. The van der Waals surface area contributed by atoms with Gasteiger partial charge in [-0.1, -0.05) is 0 Å². The van der Waals surface area contributed by atoms with Gasteiger partial charge in [0.25, 0.3) is 0 Å². The fourth-order valence-corrected chi connectivity index (χ4v) is 1.19. The van der Waals surface area contributed by atoms with E-state index in [0.717, 1.165) is 0 Å². The van der Waals surface area contributed by atoms with E-state index in [0.29, 0.717) is 0 Å². The highest BCUT2D eigenvalue weighted by molar-refractivity contribution is 6.35. The molecular formula is C9H7Cl2F9O2. The van der Waals surface area contributed by atoms with Crippen molar-refractivity contribution >= 4 is 29.2 Å². The van der Waals surface area contributed by atoms with Gasteiger partial charge in [0.15, 0.2) is 0 Å². The molecule has 0 radical (unpaired) electrons. The molecule has 0 saturated carbocycles. The average molecular weight is 389 g/mol. The van der Waals surface area contributed by atoms with Gasteiger partial charge in [0.1, 0.15) is 5.38 Å². The maximum atomic E-state index is 13.0. The zero-order valence-electron chi connectivity index (χ0n) is 10.2. The fraction of sp³-hybridized carbons (Fsp3) is 0.889. The van der Waals surface area contributed by atoms with E-state index in [4.69, 9.17) is 23.2 Å². The van der Waals surface area contributed by atoms with Crippen LogP contribution in [0.3, 0.4) is 0 Å². The first-order chi connectivity index (χ1) is 9.62. The first kappa shape index (κ1) is 21.4. The van der Waals surface area contributed by atoms with Crippen LogP contribution >= 0.6 is 23.2 Å². The standard InChI is InChI=1S/C9H7Cl2F9O2/c10-3-4(11)5(21)22-2-1-6(12,13)7(14,15)8(16,17)9(18,19)20/h4H,1-3H2. The number of hydrogen-bond donors (Lipinski definition) is 0. The van der Waals surface area contributed by atoms with Crippen molar-refractivity contribution in [1.82, 2.24) is 0 Å². The summed E-state index contributed by atoms with van der Waals surface area (Å²) >= 11 is 10.3. The number of ether oxygens (including phenoxy) is 1. The van der Waals surface area contributed by atoms with Crippen molar-refractivity contribution in [3.63, 3.8) is 0 Å². The zero-order valence-corrected chi connectivity index (χ0v) is 11.7. The van der Waals surface area contributed by atoms with Crippen molar-refractivity contribution < 1.29 is 49.0 Å². The van der Waals surface area contributed by atoms with Gasteiger partial charge >= 0.3 is 29.9 Å². The van der Waals surface area contributed by atoms with Crippen molar-refractivity contribution in [3.8, 4) is 0 Å². The predicted molar refractivity (Wildman–Crippen MR) is 56.8 cm³/mol. The third-order valence-electron chi connectivity index (χ3n) is 2.26. The molecule has 1 atom stereocenters. The molecule has 0 rings (SSSR count). The highest BCUT2D eigenvalue weighted by Crippen LogP contribution is 2.53. The Morgan fingerprint density at radius 1 is 0.955 bits per heavy atom. The third kappa shape index (κ3) is 4.24. The summed E-state index contributed by atoms with van der Waals surface area (Å²) in [7, 11) is 0. The summed E-state index contributed by atoms with van der Waals surface area (Å²) in [6.45, 7) is -1.56. The largest absolute Gasteiger partial charge is 0.464 e. The lowest BCUT2D eigenvalue weighted by atomic mass is 10.0. The van der Waals surface area contributed by atoms with Crippen LogP contribution in [0.1, 0.15) is 6.42 Å². The molecule has 13 heteroatoms. The monoisotopic (exact) mass is 388 g/mol. The van der Waals surface area contributed by atoms with E-state index in [1.165, 1.54) is 0 Å². The van der Waals surface area contributed by atoms with E-state index < -0.39 is 54.2 Å². The molecule has 0 aromatic carbocycles. The molecule has 0 fully saturated rings. The Hall–Kier alpha value is -0.580. The van der Waals surface area contributed by atoms with Crippen molar-refractivity contribution in [1.29, 1.82) is 0 Å². The smallest absolute Gasteiger partial charge is 0.460 e. The van der Waals surface area contributed by atoms with E-state index >= 15 is 0 Å². The molecule has 0 N–H and O–H groups in total. The molecule has 1 unspecified atom stereocenters. The number of alkyl halides is 11. The lowest BCUT2D eigenvalue weighted by molar-refractivity contribution is -0.397. The molecular weight excluding hydrogens is 382 g/mol. The van der Waals surface area contributed by atoms with Gasteiger partial charge in [0.05, 0.1) is 13.0 Å². The van der Waals surface area contributed by atoms with Crippen molar-refractivity contribution in [2.45, 2.75) is 35.7 Å². The molecule has 0 aromatic heterocycles. The molecule has 0 heterocycles. The predicted octanol–water partition coefficient (Wildman–Crippen LogP) is 4.23. The van der Waals surface area contributed by atoms with Crippen LogP contribution in [0.2, 0.25) is 0 Å². The van der Waals surface area contributed by atoms with Gasteiger partial charge < -0.3 is 4.74 Å². The Bertz CT molecular complexity index is 397. The maximum absolute atomic E-state index is 13.0.